The molecule has 0 saturated carbocycles. The van der Waals surface area contributed by atoms with E-state index in [1.54, 1.807) is 10.4 Å². The van der Waals surface area contributed by atoms with Crippen LogP contribution < -0.4 is 5.32 Å². The predicted octanol–water partition coefficient (Wildman–Crippen LogP) is 2.81. The molecule has 3 aliphatic rings. The molecule has 1 aromatic rings. The summed E-state index contributed by atoms with van der Waals surface area (Å²) >= 11 is 0. The third kappa shape index (κ3) is 5.49. The number of carbonyl (C=O) groups is 1. The average Bonchev–Trinajstić information content (AvgIpc) is 2.80. The number of benzene rings is 1. The lowest BCUT2D eigenvalue weighted by Crippen LogP contribution is -2.43. The molecule has 1 N–H and O–H groups in total. The van der Waals surface area contributed by atoms with E-state index in [0.29, 0.717) is 36.7 Å². The molecule has 7 heteroatoms. The Kier molecular flexibility index (Phi) is 7.34. The van der Waals surface area contributed by atoms with Crippen LogP contribution in [0, 0.1) is 11.8 Å². The molecule has 0 aromatic heterocycles. The van der Waals surface area contributed by atoms with Gasteiger partial charge in [-0.25, -0.2) is 8.42 Å². The Morgan fingerprint density at radius 2 is 1.68 bits per heavy atom. The highest BCUT2D eigenvalue weighted by atomic mass is 32.2. The summed E-state index contributed by atoms with van der Waals surface area (Å²) in [5.41, 5.74) is 2.48. The van der Waals surface area contributed by atoms with Crippen molar-refractivity contribution in [2.75, 3.05) is 39.8 Å². The van der Waals surface area contributed by atoms with Crippen molar-refractivity contribution in [1.29, 1.82) is 0 Å². The van der Waals surface area contributed by atoms with Crippen molar-refractivity contribution in [3.63, 3.8) is 0 Å². The molecule has 1 aromatic carbocycles. The number of nitrogens with one attached hydrogen (secondary N) is 1. The quantitative estimate of drug-likeness (QED) is 0.728. The Hall–Kier alpha value is -1.44. The van der Waals surface area contributed by atoms with Crippen LogP contribution in [-0.4, -0.2) is 63.3 Å². The summed E-state index contributed by atoms with van der Waals surface area (Å²) in [5, 5.41) is 3.11. The fourth-order valence-electron chi connectivity index (χ4n) is 5.27. The number of amides is 1. The molecule has 4 rings (SSSR count). The maximum absolute atomic E-state index is 13.1. The van der Waals surface area contributed by atoms with Crippen molar-refractivity contribution >= 4 is 15.9 Å². The molecule has 2 fully saturated rings. The van der Waals surface area contributed by atoms with E-state index in [4.69, 9.17) is 0 Å². The van der Waals surface area contributed by atoms with Crippen LogP contribution in [0.4, 0.5) is 0 Å². The van der Waals surface area contributed by atoms with Gasteiger partial charge >= 0.3 is 0 Å². The summed E-state index contributed by atoms with van der Waals surface area (Å²) in [7, 11) is -1.32. The second kappa shape index (κ2) is 10.0. The molecule has 2 heterocycles. The van der Waals surface area contributed by atoms with E-state index >= 15 is 0 Å². The number of aryl methyl sites for hydroxylation is 2. The van der Waals surface area contributed by atoms with Crippen LogP contribution in [0.3, 0.4) is 0 Å². The van der Waals surface area contributed by atoms with Gasteiger partial charge in [-0.15, -0.1) is 0 Å². The van der Waals surface area contributed by atoms with Crippen LogP contribution in [0.15, 0.2) is 23.1 Å². The van der Waals surface area contributed by atoms with Gasteiger partial charge in [-0.1, -0.05) is 6.07 Å². The minimum Gasteiger partial charge on any atom is -0.356 e. The van der Waals surface area contributed by atoms with Crippen LogP contribution >= 0.6 is 0 Å². The fraction of sp³-hybridized carbons (Fsp3) is 0.708. The Morgan fingerprint density at radius 1 is 1.00 bits per heavy atom. The molecule has 172 valence electrons. The first-order valence-electron chi connectivity index (χ1n) is 12.0. The van der Waals surface area contributed by atoms with Gasteiger partial charge in [0.2, 0.25) is 15.9 Å². The third-order valence-electron chi connectivity index (χ3n) is 7.47. The van der Waals surface area contributed by atoms with Crippen LogP contribution in [0.5, 0.6) is 0 Å². The number of hydrogen-bond donors (Lipinski definition) is 1. The summed E-state index contributed by atoms with van der Waals surface area (Å²) in [4.78, 5) is 15.4. The number of fused-ring (bicyclic) bond motifs is 1. The highest BCUT2D eigenvalue weighted by molar-refractivity contribution is 7.89. The van der Waals surface area contributed by atoms with Gasteiger partial charge in [-0.2, -0.15) is 4.31 Å². The van der Waals surface area contributed by atoms with E-state index in [1.165, 1.54) is 30.4 Å². The summed E-state index contributed by atoms with van der Waals surface area (Å²) in [6.07, 6.45) is 9.02. The Bertz CT molecular complexity index is 870. The Balaban J connectivity index is 1.25. The maximum Gasteiger partial charge on any atom is 0.243 e. The van der Waals surface area contributed by atoms with Crippen molar-refractivity contribution in [2.24, 2.45) is 11.8 Å². The highest BCUT2D eigenvalue weighted by Gasteiger charge is 2.32. The summed E-state index contributed by atoms with van der Waals surface area (Å²) in [5.74, 6) is 0.728. The van der Waals surface area contributed by atoms with Gasteiger partial charge < -0.3 is 10.2 Å². The maximum atomic E-state index is 13.1. The molecule has 0 atom stereocenters. The van der Waals surface area contributed by atoms with Gasteiger partial charge in [0, 0.05) is 25.6 Å². The largest absolute Gasteiger partial charge is 0.356 e. The normalized spacial score (nSPS) is 22.2. The lowest BCUT2D eigenvalue weighted by Gasteiger charge is -2.31. The van der Waals surface area contributed by atoms with Gasteiger partial charge in [-0.3, -0.25) is 4.79 Å². The summed E-state index contributed by atoms with van der Waals surface area (Å²) in [6, 6.07) is 5.64. The van der Waals surface area contributed by atoms with E-state index < -0.39 is 10.0 Å². The SMILES string of the molecule is CN1CCC(CCNC(=O)C2CCN(S(=O)(=O)c3ccc4c(c3)CCCC4)CC2)CC1. The summed E-state index contributed by atoms with van der Waals surface area (Å²) in [6.45, 7) is 3.88. The van der Waals surface area contributed by atoms with Gasteiger partial charge in [0.15, 0.2) is 0 Å². The molecule has 0 bridgehead atoms. The van der Waals surface area contributed by atoms with Crippen LogP contribution in [-0.2, 0) is 27.7 Å². The van der Waals surface area contributed by atoms with Gasteiger partial charge in [0.05, 0.1) is 4.90 Å². The van der Waals surface area contributed by atoms with Gasteiger partial charge in [0.1, 0.15) is 0 Å². The molecular formula is C24H37N3O3S. The standard InChI is InChI=1S/C24H37N3O3S/c1-26-14-9-19(10-15-26)8-13-25-24(28)21-11-16-27(17-12-21)31(29,30)23-7-6-20-4-2-3-5-22(20)18-23/h6-7,18-19,21H,2-5,8-17H2,1H3,(H,25,28). The van der Waals surface area contributed by atoms with Crippen molar-refractivity contribution < 1.29 is 13.2 Å². The van der Waals surface area contributed by atoms with E-state index in [9.17, 15) is 13.2 Å². The first-order chi connectivity index (χ1) is 14.9. The van der Waals surface area contributed by atoms with E-state index in [1.807, 2.05) is 12.1 Å². The van der Waals surface area contributed by atoms with Crippen LogP contribution in [0.25, 0.3) is 0 Å². The van der Waals surface area contributed by atoms with Crippen LogP contribution in [0.2, 0.25) is 0 Å². The second-order valence-electron chi connectivity index (χ2n) is 9.64. The number of piperidine rings is 2. The predicted molar refractivity (Wildman–Crippen MR) is 122 cm³/mol. The number of carbonyl (C=O) groups excluding carboxylic acids is 1. The highest BCUT2D eigenvalue weighted by Crippen LogP contribution is 2.28. The van der Waals surface area contributed by atoms with Crippen molar-refractivity contribution in [3.8, 4) is 0 Å². The van der Waals surface area contributed by atoms with Gasteiger partial charge in [-0.05, 0) is 107 Å². The second-order valence-corrected chi connectivity index (χ2v) is 11.6. The number of rotatable bonds is 6. The topological polar surface area (TPSA) is 69.7 Å². The molecule has 0 spiro atoms. The smallest absolute Gasteiger partial charge is 0.243 e. The molecule has 2 saturated heterocycles. The molecule has 0 radical (unpaired) electrons. The first kappa shape index (κ1) is 22.7. The Labute approximate surface area is 187 Å². The monoisotopic (exact) mass is 447 g/mol. The van der Waals surface area contributed by atoms with Crippen molar-refractivity contribution in [1.82, 2.24) is 14.5 Å². The summed E-state index contributed by atoms with van der Waals surface area (Å²) < 4.78 is 27.9. The lowest BCUT2D eigenvalue weighted by atomic mass is 9.92. The average molecular weight is 448 g/mol. The molecular weight excluding hydrogens is 410 g/mol. The molecule has 2 aliphatic heterocycles. The van der Waals surface area contributed by atoms with Crippen molar-refractivity contribution in [2.45, 2.75) is 62.7 Å². The molecule has 0 unspecified atom stereocenters. The zero-order valence-electron chi connectivity index (χ0n) is 18.8. The Morgan fingerprint density at radius 3 is 2.39 bits per heavy atom. The van der Waals surface area contributed by atoms with E-state index in [0.717, 1.165) is 45.3 Å². The zero-order valence-corrected chi connectivity index (χ0v) is 19.6. The number of likely N-dealkylation sites (tertiary alicyclic amines) is 1. The number of nitrogens with zero attached hydrogens (tertiary/aromatic N) is 2. The third-order valence-corrected chi connectivity index (χ3v) is 9.37. The lowest BCUT2D eigenvalue weighted by molar-refractivity contribution is -0.126. The van der Waals surface area contributed by atoms with E-state index in [2.05, 4.69) is 17.3 Å². The minimum atomic E-state index is -3.48. The first-order valence-corrected chi connectivity index (χ1v) is 13.5. The molecule has 1 aliphatic carbocycles. The van der Waals surface area contributed by atoms with E-state index in [-0.39, 0.29) is 11.8 Å². The number of hydrogen-bond acceptors (Lipinski definition) is 4. The molecule has 1 amide bonds. The van der Waals surface area contributed by atoms with Crippen molar-refractivity contribution in [3.05, 3.63) is 29.3 Å². The minimum absolute atomic E-state index is 0.0764. The van der Waals surface area contributed by atoms with Gasteiger partial charge in [0.25, 0.3) is 0 Å². The molecule has 31 heavy (non-hydrogen) atoms. The molecule has 6 nitrogen and oxygen atoms in total. The van der Waals surface area contributed by atoms with Crippen LogP contribution in [0.1, 0.15) is 56.1 Å². The zero-order chi connectivity index (χ0) is 21.8. The fourth-order valence-corrected chi connectivity index (χ4v) is 6.79. The number of sulfonamides is 1.